The van der Waals surface area contributed by atoms with Crippen LogP contribution in [0.4, 0.5) is 14.6 Å². The quantitative estimate of drug-likeness (QED) is 0.714. The van der Waals surface area contributed by atoms with E-state index < -0.39 is 6.43 Å². The number of aryl methyl sites for hydroxylation is 1. The predicted molar refractivity (Wildman–Crippen MR) is 48.9 cm³/mol. The number of nitrogens with zero attached hydrogens (tertiary/aromatic N) is 3. The molecule has 0 spiro atoms. The summed E-state index contributed by atoms with van der Waals surface area (Å²) in [6.07, 6.45) is -2.65. The first-order valence-electron chi connectivity index (χ1n) is 4.16. The normalized spacial score (nSPS) is 15.1. The maximum Gasteiger partial charge on any atom is 0.282 e. The maximum absolute atomic E-state index is 12.5. The molecule has 0 aromatic carbocycles. The van der Waals surface area contributed by atoms with Gasteiger partial charge in [0, 0.05) is 13.1 Å². The zero-order chi connectivity index (χ0) is 10.3. The summed E-state index contributed by atoms with van der Waals surface area (Å²) in [5.41, 5.74) is -0.374. The van der Waals surface area contributed by atoms with Crippen molar-refractivity contribution in [2.24, 2.45) is 0 Å². The van der Waals surface area contributed by atoms with E-state index >= 15 is 0 Å². The largest absolute Gasteiger partial charge is 0.352 e. The van der Waals surface area contributed by atoms with Gasteiger partial charge >= 0.3 is 0 Å². The Balaban J connectivity index is 2.49. The van der Waals surface area contributed by atoms with Gasteiger partial charge in [-0.05, 0) is 6.92 Å². The molecule has 1 aliphatic heterocycles. The Labute approximate surface area is 84.7 Å². The summed E-state index contributed by atoms with van der Waals surface area (Å²) >= 11 is 5.76. The predicted octanol–water partition coefficient (Wildman–Crippen LogP) is 2.20. The zero-order valence-electron chi connectivity index (χ0n) is 7.47. The number of hydrogen-bond donors (Lipinski definition) is 0. The van der Waals surface area contributed by atoms with Gasteiger partial charge in [-0.3, -0.25) is 0 Å². The molecule has 0 amide bonds. The second kappa shape index (κ2) is 3.31. The van der Waals surface area contributed by atoms with Crippen molar-refractivity contribution in [1.29, 1.82) is 0 Å². The first kappa shape index (κ1) is 9.58. The fourth-order valence-electron chi connectivity index (χ4n) is 1.18. The van der Waals surface area contributed by atoms with E-state index in [2.05, 4.69) is 9.97 Å². The molecule has 6 heteroatoms. The maximum atomic E-state index is 12.5. The van der Waals surface area contributed by atoms with Crippen molar-refractivity contribution in [3.63, 3.8) is 0 Å². The van der Waals surface area contributed by atoms with Gasteiger partial charge in [-0.15, -0.1) is 0 Å². The highest BCUT2D eigenvalue weighted by molar-refractivity contribution is 6.33. The Hall–Kier alpha value is -0.970. The van der Waals surface area contributed by atoms with Crippen LogP contribution in [-0.4, -0.2) is 23.1 Å². The first-order chi connectivity index (χ1) is 6.59. The van der Waals surface area contributed by atoms with Crippen molar-refractivity contribution in [2.75, 3.05) is 18.0 Å². The highest BCUT2D eigenvalue weighted by Crippen LogP contribution is 2.34. The summed E-state index contributed by atoms with van der Waals surface area (Å²) in [4.78, 5) is 9.47. The highest BCUT2D eigenvalue weighted by Gasteiger charge is 2.27. The van der Waals surface area contributed by atoms with E-state index in [0.29, 0.717) is 11.6 Å². The molecular formula is C8H8ClF2N3. The van der Waals surface area contributed by atoms with Crippen LogP contribution in [0.3, 0.4) is 0 Å². The lowest BCUT2D eigenvalue weighted by Crippen LogP contribution is -2.04. The Morgan fingerprint density at radius 3 is 2.50 bits per heavy atom. The summed E-state index contributed by atoms with van der Waals surface area (Å²) in [7, 11) is 0. The molecule has 0 radical (unpaired) electrons. The van der Waals surface area contributed by atoms with Crippen molar-refractivity contribution < 1.29 is 8.78 Å². The summed E-state index contributed by atoms with van der Waals surface area (Å²) in [5, 5.41) is -0.0249. The van der Waals surface area contributed by atoms with Gasteiger partial charge in [0.1, 0.15) is 16.5 Å². The summed E-state index contributed by atoms with van der Waals surface area (Å²) in [6, 6.07) is 0. The molecule has 1 aromatic heterocycles. The summed E-state index contributed by atoms with van der Waals surface area (Å²) in [6.45, 7) is 3.22. The van der Waals surface area contributed by atoms with E-state index in [0.717, 1.165) is 13.1 Å². The summed E-state index contributed by atoms with van der Waals surface area (Å²) in [5.74, 6) is 0.751. The van der Waals surface area contributed by atoms with Gasteiger partial charge in [0.15, 0.2) is 5.82 Å². The summed E-state index contributed by atoms with van der Waals surface area (Å²) < 4.78 is 25.0. The van der Waals surface area contributed by atoms with Crippen LogP contribution in [0.15, 0.2) is 0 Å². The zero-order valence-corrected chi connectivity index (χ0v) is 8.22. The molecule has 0 unspecified atom stereocenters. The van der Waals surface area contributed by atoms with E-state index in [4.69, 9.17) is 11.6 Å². The van der Waals surface area contributed by atoms with Gasteiger partial charge in [0.25, 0.3) is 6.43 Å². The standard InChI is InChI=1S/C8H8ClF2N3/c1-4-12-6(7(10)11)5(9)8(13-4)14-2-3-14/h7H,2-3H2,1H3. The van der Waals surface area contributed by atoms with Gasteiger partial charge in [-0.2, -0.15) is 0 Å². The number of aromatic nitrogens is 2. The Morgan fingerprint density at radius 2 is 2.00 bits per heavy atom. The Morgan fingerprint density at radius 1 is 1.36 bits per heavy atom. The molecule has 14 heavy (non-hydrogen) atoms. The van der Waals surface area contributed by atoms with Gasteiger partial charge in [-0.1, -0.05) is 11.6 Å². The molecule has 2 rings (SSSR count). The second-order valence-electron chi connectivity index (χ2n) is 3.08. The number of anilines is 1. The molecule has 1 aliphatic rings. The number of halogens is 3. The van der Waals surface area contributed by atoms with Crippen LogP contribution in [0.1, 0.15) is 17.9 Å². The van der Waals surface area contributed by atoms with Crippen LogP contribution < -0.4 is 4.90 Å². The third-order valence-corrected chi connectivity index (χ3v) is 2.29. The molecule has 0 bridgehead atoms. The molecule has 76 valence electrons. The third-order valence-electron chi connectivity index (χ3n) is 1.92. The minimum atomic E-state index is -2.65. The molecule has 1 saturated heterocycles. The fraction of sp³-hybridized carbons (Fsp3) is 0.500. The molecular weight excluding hydrogens is 212 g/mol. The van der Waals surface area contributed by atoms with Crippen LogP contribution in [0.2, 0.25) is 5.02 Å². The molecule has 2 heterocycles. The molecule has 0 N–H and O–H groups in total. The SMILES string of the molecule is Cc1nc(C(F)F)c(Cl)c(N2CC2)n1. The molecule has 0 saturated carbocycles. The van der Waals surface area contributed by atoms with Gasteiger partial charge in [0.2, 0.25) is 0 Å². The van der Waals surface area contributed by atoms with Crippen LogP contribution in [-0.2, 0) is 0 Å². The lowest BCUT2D eigenvalue weighted by molar-refractivity contribution is 0.146. The molecule has 1 fully saturated rings. The molecule has 0 aliphatic carbocycles. The van der Waals surface area contributed by atoms with Crippen molar-refractivity contribution >= 4 is 17.4 Å². The fourth-order valence-corrected chi connectivity index (χ4v) is 1.47. The van der Waals surface area contributed by atoms with Gasteiger partial charge in [-0.25, -0.2) is 18.7 Å². The number of hydrogen-bond acceptors (Lipinski definition) is 3. The average molecular weight is 220 g/mol. The van der Waals surface area contributed by atoms with Crippen LogP contribution in [0.25, 0.3) is 0 Å². The van der Waals surface area contributed by atoms with E-state index in [1.807, 2.05) is 4.90 Å². The topological polar surface area (TPSA) is 28.8 Å². The van der Waals surface area contributed by atoms with Crippen LogP contribution in [0, 0.1) is 6.92 Å². The van der Waals surface area contributed by atoms with Crippen molar-refractivity contribution in [2.45, 2.75) is 13.3 Å². The van der Waals surface area contributed by atoms with E-state index in [1.54, 1.807) is 6.92 Å². The van der Waals surface area contributed by atoms with Crippen LogP contribution >= 0.6 is 11.6 Å². The minimum Gasteiger partial charge on any atom is -0.352 e. The highest BCUT2D eigenvalue weighted by atomic mass is 35.5. The third kappa shape index (κ3) is 1.64. The van der Waals surface area contributed by atoms with Crippen molar-refractivity contribution in [1.82, 2.24) is 9.97 Å². The lowest BCUT2D eigenvalue weighted by Gasteiger charge is -2.09. The van der Waals surface area contributed by atoms with Gasteiger partial charge < -0.3 is 4.90 Å². The van der Waals surface area contributed by atoms with Gasteiger partial charge in [0.05, 0.1) is 0 Å². The molecule has 3 nitrogen and oxygen atoms in total. The van der Waals surface area contributed by atoms with E-state index in [9.17, 15) is 8.78 Å². The minimum absolute atomic E-state index is 0.0249. The second-order valence-corrected chi connectivity index (χ2v) is 3.46. The smallest absolute Gasteiger partial charge is 0.282 e. The Bertz CT molecular complexity index is 343. The Kier molecular flexibility index (Phi) is 2.26. The van der Waals surface area contributed by atoms with Crippen LogP contribution in [0.5, 0.6) is 0 Å². The number of alkyl halides is 2. The van der Waals surface area contributed by atoms with Crippen molar-refractivity contribution in [3.8, 4) is 0 Å². The average Bonchev–Trinajstić information content (AvgIpc) is 2.91. The van der Waals surface area contributed by atoms with E-state index in [-0.39, 0.29) is 10.7 Å². The first-order valence-corrected chi connectivity index (χ1v) is 4.54. The molecule has 1 aromatic rings. The number of rotatable bonds is 2. The molecule has 0 atom stereocenters. The lowest BCUT2D eigenvalue weighted by atomic mass is 10.4. The monoisotopic (exact) mass is 219 g/mol. The van der Waals surface area contributed by atoms with Crippen molar-refractivity contribution in [3.05, 3.63) is 16.5 Å². The van der Waals surface area contributed by atoms with E-state index in [1.165, 1.54) is 0 Å².